The van der Waals surface area contributed by atoms with Gasteiger partial charge in [0.25, 0.3) is 0 Å². The van der Waals surface area contributed by atoms with Gasteiger partial charge in [-0.15, -0.1) is 0 Å². The van der Waals surface area contributed by atoms with Crippen LogP contribution in [0.25, 0.3) is 0 Å². The van der Waals surface area contributed by atoms with Gasteiger partial charge in [-0.05, 0) is 12.5 Å². The second kappa shape index (κ2) is 15.7. The van der Waals surface area contributed by atoms with Gasteiger partial charge < -0.3 is 5.73 Å². The molecule has 0 saturated carbocycles. The van der Waals surface area contributed by atoms with E-state index >= 15 is 0 Å². The highest BCUT2D eigenvalue weighted by Crippen LogP contribution is 1.70. The highest BCUT2D eigenvalue weighted by atomic mass is 32.2. The smallest absolute Gasteiger partial charge is 0.0109 e. The maximum Gasteiger partial charge on any atom is 0.0109 e. The van der Waals surface area contributed by atoms with Crippen LogP contribution >= 0.6 is 11.8 Å². The lowest BCUT2D eigenvalue weighted by Gasteiger charge is -1.69. The van der Waals surface area contributed by atoms with E-state index in [1.54, 1.807) is 17.8 Å². The van der Waals surface area contributed by atoms with E-state index in [9.17, 15) is 0 Å². The second-order valence-electron chi connectivity index (χ2n) is 1.31. The first kappa shape index (κ1) is 11.6. The number of nitrogens with two attached hydrogens (primary N) is 1. The Morgan fingerprint density at radius 3 is 2.11 bits per heavy atom. The minimum Gasteiger partial charge on any atom is -0.327 e. The summed E-state index contributed by atoms with van der Waals surface area (Å²) in [5.41, 5.74) is 5.08. The number of allylic oxidation sites excluding steroid dienone is 2. The highest BCUT2D eigenvalue weighted by molar-refractivity contribution is 7.97. The zero-order chi connectivity index (χ0) is 7.54. The molecule has 0 aromatic rings. The van der Waals surface area contributed by atoms with Gasteiger partial charge in [0, 0.05) is 6.54 Å². The van der Waals surface area contributed by atoms with Gasteiger partial charge in [0.1, 0.15) is 0 Å². The highest BCUT2D eigenvalue weighted by Gasteiger charge is 1.54. The van der Waals surface area contributed by atoms with E-state index in [1.165, 1.54) is 0 Å². The Bertz CT molecular complexity index is 69.3. The Morgan fingerprint density at radius 1 is 1.56 bits per heavy atom. The lowest BCUT2D eigenvalue weighted by molar-refractivity contribution is 1.25. The molecule has 0 atom stereocenters. The first-order valence-electron chi connectivity index (χ1n) is 2.71. The van der Waals surface area contributed by atoms with Gasteiger partial charge in [-0.2, -0.15) is 11.8 Å². The molecular formula is C7H15NS. The fourth-order valence-corrected chi connectivity index (χ4v) is 0.175. The Balaban J connectivity index is 0. The molecule has 0 aliphatic rings. The molecule has 0 bridgehead atoms. The zero-order valence-electron chi connectivity index (χ0n) is 6.13. The molecule has 0 saturated heterocycles. The van der Waals surface area contributed by atoms with Gasteiger partial charge in [-0.25, -0.2) is 0 Å². The third-order valence-corrected chi connectivity index (χ3v) is 0.408. The van der Waals surface area contributed by atoms with Crippen molar-refractivity contribution in [3.8, 4) is 0 Å². The van der Waals surface area contributed by atoms with Crippen LogP contribution in [0.4, 0.5) is 0 Å². The fraction of sp³-hybridized carbons (Fsp3) is 0.429. The molecule has 0 aliphatic carbocycles. The van der Waals surface area contributed by atoms with Crippen LogP contribution in [0, 0.1) is 0 Å². The summed E-state index contributed by atoms with van der Waals surface area (Å²) in [5, 5.41) is 0. The Kier molecular flexibility index (Phi) is 20.1. The Labute approximate surface area is 62.0 Å². The number of rotatable bonds is 2. The summed E-state index contributed by atoms with van der Waals surface area (Å²) in [6.07, 6.45) is 9.44. The quantitative estimate of drug-likeness (QED) is 0.598. The minimum absolute atomic E-state index is 0.603. The molecule has 54 valence electrons. The molecule has 0 aliphatic heterocycles. The van der Waals surface area contributed by atoms with E-state index in [2.05, 4.69) is 6.58 Å². The maximum atomic E-state index is 5.08. The van der Waals surface area contributed by atoms with Crippen molar-refractivity contribution in [2.24, 2.45) is 5.73 Å². The second-order valence-corrected chi connectivity index (χ2v) is 2.12. The predicted molar refractivity (Wildman–Crippen MR) is 47.8 cm³/mol. The van der Waals surface area contributed by atoms with E-state index < -0.39 is 0 Å². The molecule has 0 radical (unpaired) electrons. The molecular weight excluding hydrogens is 130 g/mol. The molecule has 0 fully saturated rings. The SMILES string of the molecule is C=C/C=C/CN.CSC. The summed E-state index contributed by atoms with van der Waals surface area (Å²) >= 11 is 1.75. The van der Waals surface area contributed by atoms with Crippen molar-refractivity contribution >= 4 is 11.8 Å². The molecule has 0 unspecified atom stereocenters. The summed E-state index contributed by atoms with van der Waals surface area (Å²) < 4.78 is 0. The van der Waals surface area contributed by atoms with Gasteiger partial charge in [0.05, 0.1) is 0 Å². The summed E-state index contributed by atoms with van der Waals surface area (Å²) in [6, 6.07) is 0. The Hall–Kier alpha value is -0.210. The van der Waals surface area contributed by atoms with Crippen molar-refractivity contribution in [3.05, 3.63) is 24.8 Å². The van der Waals surface area contributed by atoms with Crippen LogP contribution in [0.1, 0.15) is 0 Å². The van der Waals surface area contributed by atoms with Crippen LogP contribution in [0.2, 0.25) is 0 Å². The average Bonchev–Trinajstić information content (AvgIpc) is 1.86. The van der Waals surface area contributed by atoms with Crippen molar-refractivity contribution in [2.45, 2.75) is 0 Å². The van der Waals surface area contributed by atoms with Gasteiger partial charge in [0.15, 0.2) is 0 Å². The van der Waals surface area contributed by atoms with Crippen molar-refractivity contribution < 1.29 is 0 Å². The van der Waals surface area contributed by atoms with Gasteiger partial charge in [0.2, 0.25) is 0 Å². The number of thioether (sulfide) groups is 1. The third kappa shape index (κ3) is 33.5. The minimum atomic E-state index is 0.603. The summed E-state index contributed by atoms with van der Waals surface area (Å²) in [4.78, 5) is 0. The predicted octanol–water partition coefficient (Wildman–Crippen LogP) is 1.67. The molecule has 0 spiro atoms. The molecule has 0 aromatic heterocycles. The van der Waals surface area contributed by atoms with Crippen LogP contribution in [0.3, 0.4) is 0 Å². The molecule has 9 heavy (non-hydrogen) atoms. The lowest BCUT2D eigenvalue weighted by atomic mass is 10.5. The monoisotopic (exact) mass is 145 g/mol. The van der Waals surface area contributed by atoms with Crippen molar-refractivity contribution in [1.29, 1.82) is 0 Å². The van der Waals surface area contributed by atoms with Crippen molar-refractivity contribution in [1.82, 2.24) is 0 Å². The first-order valence-corrected chi connectivity index (χ1v) is 4.34. The van der Waals surface area contributed by atoms with Crippen LogP contribution in [0.15, 0.2) is 24.8 Å². The molecule has 0 aromatic carbocycles. The van der Waals surface area contributed by atoms with E-state index in [0.717, 1.165) is 0 Å². The summed E-state index contributed by atoms with van der Waals surface area (Å²) in [7, 11) is 0. The van der Waals surface area contributed by atoms with Crippen molar-refractivity contribution in [2.75, 3.05) is 19.1 Å². The molecule has 0 heterocycles. The molecule has 2 heteroatoms. The summed E-state index contributed by atoms with van der Waals surface area (Å²) in [6.45, 7) is 4.06. The van der Waals surface area contributed by atoms with E-state index in [1.807, 2.05) is 24.7 Å². The molecule has 2 N–H and O–H groups in total. The topological polar surface area (TPSA) is 26.0 Å². The van der Waals surface area contributed by atoms with E-state index in [-0.39, 0.29) is 0 Å². The van der Waals surface area contributed by atoms with Gasteiger partial charge in [-0.3, -0.25) is 0 Å². The van der Waals surface area contributed by atoms with Crippen LogP contribution in [-0.4, -0.2) is 19.1 Å². The largest absolute Gasteiger partial charge is 0.327 e. The molecule has 0 amide bonds. The van der Waals surface area contributed by atoms with Crippen LogP contribution in [-0.2, 0) is 0 Å². The van der Waals surface area contributed by atoms with E-state index in [4.69, 9.17) is 5.73 Å². The fourth-order valence-electron chi connectivity index (χ4n) is 0.175. The normalized spacial score (nSPS) is 8.33. The van der Waals surface area contributed by atoms with Gasteiger partial charge >= 0.3 is 0 Å². The van der Waals surface area contributed by atoms with Crippen molar-refractivity contribution in [3.63, 3.8) is 0 Å². The average molecular weight is 145 g/mol. The van der Waals surface area contributed by atoms with E-state index in [0.29, 0.717) is 6.54 Å². The Morgan fingerprint density at radius 2 is 2.00 bits per heavy atom. The molecule has 0 rings (SSSR count). The standard InChI is InChI=1S/C5H9N.C2H6S/c1-2-3-4-5-6;1-3-2/h2-4H,1,5-6H2;1-2H3/b4-3+;. The zero-order valence-corrected chi connectivity index (χ0v) is 6.95. The maximum absolute atomic E-state index is 5.08. The first-order chi connectivity index (χ1) is 4.33. The van der Waals surface area contributed by atoms with Crippen LogP contribution < -0.4 is 5.73 Å². The lowest BCUT2D eigenvalue weighted by Crippen LogP contribution is -1.91. The third-order valence-electron chi connectivity index (χ3n) is 0.408. The summed E-state index contributed by atoms with van der Waals surface area (Å²) in [5.74, 6) is 0. The number of hydrogen-bond acceptors (Lipinski definition) is 2. The number of hydrogen-bond donors (Lipinski definition) is 1. The van der Waals surface area contributed by atoms with Crippen LogP contribution in [0.5, 0.6) is 0 Å². The molecule has 1 nitrogen and oxygen atoms in total. The van der Waals surface area contributed by atoms with Gasteiger partial charge in [-0.1, -0.05) is 24.8 Å².